The summed E-state index contributed by atoms with van der Waals surface area (Å²) in [5.74, 6) is -4.70. The average molecular weight is 322 g/mol. The van der Waals surface area contributed by atoms with E-state index in [0.29, 0.717) is 0 Å². The molecule has 3 atom stereocenters. The highest BCUT2D eigenvalue weighted by atomic mass is 16.8. The standard InChI is InChI=1S/C15H14O8/c16-12(17)11(13(18)19)15-21-7-9-10(23-15)6-20-14(22-9)8-4-2-1-3-5-8/h1-6,9,11,14-15H,7H2,(H,16,17)(H,18,19)/t9-,14?,15?/m0/s1. The smallest absolute Gasteiger partial charge is 0.324 e. The van der Waals surface area contributed by atoms with Crippen LogP contribution in [0, 0.1) is 5.92 Å². The Labute approximate surface area is 130 Å². The minimum atomic E-state index is -1.83. The zero-order chi connectivity index (χ0) is 16.4. The van der Waals surface area contributed by atoms with Gasteiger partial charge in [0.15, 0.2) is 5.76 Å². The van der Waals surface area contributed by atoms with Crippen LogP contribution in [0.3, 0.4) is 0 Å². The molecule has 2 aliphatic heterocycles. The first-order valence-corrected chi connectivity index (χ1v) is 6.86. The quantitative estimate of drug-likeness (QED) is 0.793. The Morgan fingerprint density at radius 3 is 2.48 bits per heavy atom. The van der Waals surface area contributed by atoms with Gasteiger partial charge in [0.25, 0.3) is 0 Å². The van der Waals surface area contributed by atoms with Gasteiger partial charge < -0.3 is 29.2 Å². The van der Waals surface area contributed by atoms with Gasteiger partial charge in [0.1, 0.15) is 12.4 Å². The number of benzene rings is 1. The molecule has 122 valence electrons. The maximum atomic E-state index is 11.0. The zero-order valence-electron chi connectivity index (χ0n) is 11.8. The van der Waals surface area contributed by atoms with Gasteiger partial charge in [-0.05, 0) is 0 Å². The molecule has 0 bridgehead atoms. The first-order valence-electron chi connectivity index (χ1n) is 6.86. The Kier molecular flexibility index (Phi) is 4.18. The first-order chi connectivity index (χ1) is 11.1. The molecule has 3 rings (SSSR count). The molecular formula is C15H14O8. The van der Waals surface area contributed by atoms with Crippen LogP contribution in [0.4, 0.5) is 0 Å². The van der Waals surface area contributed by atoms with E-state index < -0.39 is 36.5 Å². The SMILES string of the molecule is O=C(O)C(C(=O)O)C1OC[C@@H]2OC(c3ccccc3)OC=C2O1. The molecular weight excluding hydrogens is 308 g/mol. The van der Waals surface area contributed by atoms with E-state index >= 15 is 0 Å². The van der Waals surface area contributed by atoms with Gasteiger partial charge in [-0.2, -0.15) is 0 Å². The lowest BCUT2D eigenvalue weighted by molar-refractivity contribution is -0.261. The van der Waals surface area contributed by atoms with Crippen LogP contribution in [0.1, 0.15) is 11.9 Å². The van der Waals surface area contributed by atoms with Crippen molar-refractivity contribution in [2.24, 2.45) is 5.92 Å². The fourth-order valence-corrected chi connectivity index (χ4v) is 2.30. The van der Waals surface area contributed by atoms with Crippen molar-refractivity contribution >= 4 is 11.9 Å². The van der Waals surface area contributed by atoms with E-state index in [-0.39, 0.29) is 12.4 Å². The highest BCUT2D eigenvalue weighted by molar-refractivity contribution is 5.93. The van der Waals surface area contributed by atoms with Crippen molar-refractivity contribution in [1.29, 1.82) is 0 Å². The maximum Gasteiger partial charge on any atom is 0.324 e. The van der Waals surface area contributed by atoms with E-state index in [1.165, 1.54) is 6.26 Å². The summed E-state index contributed by atoms with van der Waals surface area (Å²) in [6.45, 7) is -0.0275. The Morgan fingerprint density at radius 1 is 1.13 bits per heavy atom. The lowest BCUT2D eigenvalue weighted by Crippen LogP contribution is -2.46. The van der Waals surface area contributed by atoms with E-state index in [0.717, 1.165) is 5.56 Å². The van der Waals surface area contributed by atoms with Gasteiger partial charge in [-0.25, -0.2) is 0 Å². The van der Waals surface area contributed by atoms with E-state index in [9.17, 15) is 9.59 Å². The van der Waals surface area contributed by atoms with Crippen LogP contribution in [-0.2, 0) is 28.5 Å². The average Bonchev–Trinajstić information content (AvgIpc) is 2.54. The zero-order valence-corrected chi connectivity index (χ0v) is 11.8. The van der Waals surface area contributed by atoms with Gasteiger partial charge in [0.2, 0.25) is 18.5 Å². The van der Waals surface area contributed by atoms with Crippen molar-refractivity contribution < 1.29 is 38.7 Å². The molecule has 0 aromatic heterocycles. The third-order valence-electron chi connectivity index (χ3n) is 3.45. The highest BCUT2D eigenvalue weighted by Gasteiger charge is 2.44. The van der Waals surface area contributed by atoms with Crippen LogP contribution in [0.25, 0.3) is 0 Å². The predicted octanol–water partition coefficient (Wildman–Crippen LogP) is 1.10. The molecule has 2 N–H and O–H groups in total. The molecule has 8 heteroatoms. The summed E-state index contributed by atoms with van der Waals surface area (Å²) in [5.41, 5.74) is 0.805. The number of carboxylic acid groups (broad SMARTS) is 2. The predicted molar refractivity (Wildman–Crippen MR) is 72.8 cm³/mol. The summed E-state index contributed by atoms with van der Waals surface area (Å²) >= 11 is 0. The Hall–Kier alpha value is -2.58. The summed E-state index contributed by atoms with van der Waals surface area (Å²) in [4.78, 5) is 22.0. The van der Waals surface area contributed by atoms with Crippen LogP contribution in [0.5, 0.6) is 0 Å². The highest BCUT2D eigenvalue weighted by Crippen LogP contribution is 2.33. The lowest BCUT2D eigenvalue weighted by Gasteiger charge is -2.37. The van der Waals surface area contributed by atoms with Gasteiger partial charge in [-0.3, -0.25) is 9.59 Å². The molecule has 1 aromatic carbocycles. The molecule has 1 saturated heterocycles. The van der Waals surface area contributed by atoms with E-state index in [1.54, 1.807) is 0 Å². The van der Waals surface area contributed by atoms with Gasteiger partial charge in [-0.15, -0.1) is 0 Å². The fraction of sp³-hybridized carbons (Fsp3) is 0.333. The van der Waals surface area contributed by atoms with Crippen LogP contribution in [0.2, 0.25) is 0 Å². The third-order valence-corrected chi connectivity index (χ3v) is 3.45. The number of fused-ring (bicyclic) bond motifs is 1. The number of rotatable bonds is 4. The second kappa shape index (κ2) is 6.27. The fourth-order valence-electron chi connectivity index (χ4n) is 2.30. The molecule has 0 aliphatic carbocycles. The number of carboxylic acids is 2. The second-order valence-electron chi connectivity index (χ2n) is 5.00. The largest absolute Gasteiger partial charge is 0.480 e. The number of hydrogen-bond donors (Lipinski definition) is 2. The molecule has 0 amide bonds. The van der Waals surface area contributed by atoms with Gasteiger partial charge in [0, 0.05) is 5.56 Å². The minimum Gasteiger partial charge on any atom is -0.480 e. The minimum absolute atomic E-state index is 0.0275. The van der Waals surface area contributed by atoms with E-state index in [4.69, 9.17) is 29.2 Å². The summed E-state index contributed by atoms with van der Waals surface area (Å²) in [7, 11) is 0. The molecule has 8 nitrogen and oxygen atoms in total. The van der Waals surface area contributed by atoms with Crippen LogP contribution in [0.15, 0.2) is 42.4 Å². The molecule has 0 saturated carbocycles. The Bertz CT molecular complexity index is 612. The summed E-state index contributed by atoms with van der Waals surface area (Å²) < 4.78 is 21.6. The summed E-state index contributed by atoms with van der Waals surface area (Å²) in [6, 6.07) is 9.22. The van der Waals surface area contributed by atoms with Gasteiger partial charge in [0.05, 0.1) is 6.61 Å². The van der Waals surface area contributed by atoms with Crippen molar-refractivity contribution in [3.05, 3.63) is 47.9 Å². The molecule has 0 radical (unpaired) electrons. The normalized spacial score (nSPS) is 26.5. The molecule has 2 heterocycles. The molecule has 2 aliphatic rings. The topological polar surface area (TPSA) is 112 Å². The van der Waals surface area contributed by atoms with Crippen molar-refractivity contribution in [1.82, 2.24) is 0 Å². The van der Waals surface area contributed by atoms with Crippen LogP contribution in [-0.4, -0.2) is 41.2 Å². The third kappa shape index (κ3) is 3.13. The Morgan fingerprint density at radius 2 is 1.83 bits per heavy atom. The van der Waals surface area contributed by atoms with E-state index in [1.807, 2.05) is 30.3 Å². The van der Waals surface area contributed by atoms with Crippen molar-refractivity contribution in [2.45, 2.75) is 18.7 Å². The van der Waals surface area contributed by atoms with Crippen LogP contribution >= 0.6 is 0 Å². The van der Waals surface area contributed by atoms with E-state index in [2.05, 4.69) is 0 Å². The first kappa shape index (κ1) is 15.3. The molecule has 23 heavy (non-hydrogen) atoms. The molecule has 1 aromatic rings. The number of carbonyl (C=O) groups is 2. The van der Waals surface area contributed by atoms with Gasteiger partial charge in [-0.1, -0.05) is 30.3 Å². The Balaban J connectivity index is 1.72. The molecule has 2 unspecified atom stereocenters. The number of aliphatic carboxylic acids is 2. The number of ether oxygens (including phenoxy) is 4. The van der Waals surface area contributed by atoms with Gasteiger partial charge >= 0.3 is 11.9 Å². The van der Waals surface area contributed by atoms with Crippen LogP contribution < -0.4 is 0 Å². The summed E-state index contributed by atoms with van der Waals surface area (Å²) in [6.07, 6.45) is -1.35. The monoisotopic (exact) mass is 322 g/mol. The second-order valence-corrected chi connectivity index (χ2v) is 5.00. The maximum absolute atomic E-state index is 11.0. The molecule has 0 spiro atoms. The number of hydrogen-bond acceptors (Lipinski definition) is 6. The molecule has 1 fully saturated rings. The van der Waals surface area contributed by atoms with Crippen molar-refractivity contribution in [2.75, 3.05) is 6.61 Å². The van der Waals surface area contributed by atoms with Crippen molar-refractivity contribution in [3.63, 3.8) is 0 Å². The van der Waals surface area contributed by atoms with Crippen molar-refractivity contribution in [3.8, 4) is 0 Å². The lowest BCUT2D eigenvalue weighted by atomic mass is 10.1. The summed E-state index contributed by atoms with van der Waals surface area (Å²) in [5, 5.41) is 17.9.